The topological polar surface area (TPSA) is 17.1 Å². The Bertz CT molecular complexity index is 319. The maximum Gasteiger partial charge on any atom is 0.174 e. The Morgan fingerprint density at radius 3 is 2.50 bits per heavy atom. The Hall–Kier alpha value is -0.820. The van der Waals surface area contributed by atoms with Gasteiger partial charge < -0.3 is 0 Å². The Kier molecular flexibility index (Phi) is 3.30. The summed E-state index contributed by atoms with van der Waals surface area (Å²) in [6.45, 7) is 0. The summed E-state index contributed by atoms with van der Waals surface area (Å²) in [5.74, 6) is 2.34. The predicted molar refractivity (Wildman–Crippen MR) is 56.9 cm³/mol. The zero-order valence-corrected chi connectivity index (χ0v) is 8.54. The van der Waals surface area contributed by atoms with Crippen LogP contribution in [-0.4, -0.2) is 5.78 Å². The first-order valence-electron chi connectivity index (χ1n) is 3.46. The van der Waals surface area contributed by atoms with Crippen LogP contribution in [-0.2, 0) is 0 Å². The smallest absolute Gasteiger partial charge is 0.174 e. The fourth-order valence-electron chi connectivity index (χ4n) is 0.831. The van der Waals surface area contributed by atoms with E-state index in [1.807, 2.05) is 12.1 Å². The number of halogens is 1. The number of carbonyl (C=O) groups excluding carboxylic acids is 1. The monoisotopic (exact) mass is 270 g/mol. The molecule has 0 unspecified atom stereocenters. The average molecular weight is 270 g/mol. The molecule has 0 bridgehead atoms. The van der Waals surface area contributed by atoms with Gasteiger partial charge in [-0.2, -0.15) is 0 Å². The third-order valence-electron chi connectivity index (χ3n) is 1.43. The quantitative estimate of drug-likeness (QED) is 0.458. The third kappa shape index (κ3) is 2.35. The van der Waals surface area contributed by atoms with Crippen molar-refractivity contribution in [2.24, 2.45) is 0 Å². The van der Waals surface area contributed by atoms with Gasteiger partial charge in [0, 0.05) is 9.13 Å². The first-order valence-corrected chi connectivity index (χ1v) is 4.54. The highest BCUT2D eigenvalue weighted by molar-refractivity contribution is 14.1. The number of hydrogen-bond acceptors (Lipinski definition) is 1. The van der Waals surface area contributed by atoms with Crippen LogP contribution < -0.4 is 0 Å². The Morgan fingerprint density at radius 1 is 1.42 bits per heavy atom. The molecule has 0 aromatic heterocycles. The molecule has 0 aliphatic rings. The molecule has 0 radical (unpaired) electrons. The molecule has 0 atom stereocenters. The second kappa shape index (κ2) is 4.27. The highest BCUT2D eigenvalue weighted by Crippen LogP contribution is 2.08. The zero-order chi connectivity index (χ0) is 8.97. The third-order valence-corrected chi connectivity index (χ3v) is 2.15. The molecule has 0 amide bonds. The van der Waals surface area contributed by atoms with Crippen LogP contribution in [0.1, 0.15) is 16.8 Å². The maximum absolute atomic E-state index is 11.2. The van der Waals surface area contributed by atoms with E-state index in [1.165, 1.54) is 0 Å². The number of rotatable bonds is 2. The average Bonchev–Trinajstić information content (AvgIpc) is 2.06. The largest absolute Gasteiger partial charge is 0.293 e. The lowest BCUT2D eigenvalue weighted by molar-refractivity contribution is 0.0998. The summed E-state index contributed by atoms with van der Waals surface area (Å²) >= 11 is 2.19. The minimum absolute atomic E-state index is 0.00824. The minimum Gasteiger partial charge on any atom is -0.293 e. The number of carbonyl (C=O) groups is 1. The van der Waals surface area contributed by atoms with Crippen LogP contribution in [0.15, 0.2) is 24.3 Å². The molecule has 0 spiro atoms. The van der Waals surface area contributed by atoms with E-state index < -0.39 is 0 Å². The molecule has 0 aliphatic carbocycles. The summed E-state index contributed by atoms with van der Waals surface area (Å²) in [4.78, 5) is 11.2. The van der Waals surface area contributed by atoms with Crippen molar-refractivity contribution in [1.82, 2.24) is 0 Å². The summed E-state index contributed by atoms with van der Waals surface area (Å²) in [6.07, 6.45) is 5.21. The van der Waals surface area contributed by atoms with Gasteiger partial charge >= 0.3 is 0 Å². The number of hydrogen-bond donors (Lipinski definition) is 0. The Morgan fingerprint density at radius 2 is 2.00 bits per heavy atom. The molecule has 0 saturated carbocycles. The van der Waals surface area contributed by atoms with Crippen LogP contribution in [0, 0.1) is 15.9 Å². The molecule has 1 aromatic carbocycles. The SMILES string of the molecule is C#CCC(=O)c1ccc(I)cc1. The normalized spacial score (nSPS) is 9.00. The van der Waals surface area contributed by atoms with Gasteiger partial charge in [0.25, 0.3) is 0 Å². The van der Waals surface area contributed by atoms with Crippen molar-refractivity contribution in [2.45, 2.75) is 6.42 Å². The van der Waals surface area contributed by atoms with Crippen LogP contribution in [0.3, 0.4) is 0 Å². The molecule has 12 heavy (non-hydrogen) atoms. The van der Waals surface area contributed by atoms with Gasteiger partial charge in [0.05, 0.1) is 6.42 Å². The highest BCUT2D eigenvalue weighted by atomic mass is 127. The van der Waals surface area contributed by atoms with E-state index in [9.17, 15) is 4.79 Å². The van der Waals surface area contributed by atoms with Gasteiger partial charge in [0.15, 0.2) is 5.78 Å². The molecule has 1 aromatic rings. The van der Waals surface area contributed by atoms with E-state index >= 15 is 0 Å². The van der Waals surface area contributed by atoms with Gasteiger partial charge in [-0.1, -0.05) is 18.1 Å². The van der Waals surface area contributed by atoms with E-state index in [1.54, 1.807) is 12.1 Å². The first-order chi connectivity index (χ1) is 5.74. The molecule has 2 heteroatoms. The van der Waals surface area contributed by atoms with E-state index in [0.717, 1.165) is 3.57 Å². The van der Waals surface area contributed by atoms with Gasteiger partial charge in [0.2, 0.25) is 0 Å². The number of terminal acetylenes is 1. The van der Waals surface area contributed by atoms with Gasteiger partial charge in [-0.25, -0.2) is 0 Å². The maximum atomic E-state index is 11.2. The van der Waals surface area contributed by atoms with Crippen molar-refractivity contribution in [3.05, 3.63) is 33.4 Å². The molecule has 1 rings (SSSR count). The summed E-state index contributed by atoms with van der Waals surface area (Å²) < 4.78 is 1.12. The lowest BCUT2D eigenvalue weighted by Crippen LogP contribution is -1.96. The van der Waals surface area contributed by atoms with Crippen LogP contribution >= 0.6 is 22.6 Å². The molecule has 1 nitrogen and oxygen atoms in total. The molecule has 0 fully saturated rings. The lowest BCUT2D eigenvalue weighted by Gasteiger charge is -1.95. The van der Waals surface area contributed by atoms with Gasteiger partial charge in [-0.05, 0) is 34.7 Å². The minimum atomic E-state index is 0.00824. The first kappa shape index (κ1) is 9.27. The van der Waals surface area contributed by atoms with Gasteiger partial charge in [-0.3, -0.25) is 4.79 Å². The van der Waals surface area contributed by atoms with Gasteiger partial charge in [-0.15, -0.1) is 6.42 Å². The second-order valence-electron chi connectivity index (χ2n) is 2.31. The highest BCUT2D eigenvalue weighted by Gasteiger charge is 2.01. The van der Waals surface area contributed by atoms with Crippen LogP contribution in [0.2, 0.25) is 0 Å². The lowest BCUT2D eigenvalue weighted by atomic mass is 10.1. The number of Topliss-reactive ketones (excluding diaryl/α,β-unsaturated/α-hetero) is 1. The molecule has 60 valence electrons. The fourth-order valence-corrected chi connectivity index (χ4v) is 1.19. The van der Waals surface area contributed by atoms with Crippen molar-refractivity contribution in [1.29, 1.82) is 0 Å². The molecule has 0 saturated heterocycles. The van der Waals surface area contributed by atoms with E-state index in [2.05, 4.69) is 28.5 Å². The van der Waals surface area contributed by atoms with E-state index in [-0.39, 0.29) is 12.2 Å². The van der Waals surface area contributed by atoms with Crippen molar-refractivity contribution < 1.29 is 4.79 Å². The van der Waals surface area contributed by atoms with Crippen molar-refractivity contribution in [2.75, 3.05) is 0 Å². The predicted octanol–water partition coefficient (Wildman–Crippen LogP) is 2.50. The molecule has 0 heterocycles. The summed E-state index contributed by atoms with van der Waals surface area (Å²) in [6, 6.07) is 7.37. The summed E-state index contributed by atoms with van der Waals surface area (Å²) in [7, 11) is 0. The molecule has 0 aliphatic heterocycles. The van der Waals surface area contributed by atoms with Crippen LogP contribution in [0.4, 0.5) is 0 Å². The van der Waals surface area contributed by atoms with Gasteiger partial charge in [0.1, 0.15) is 0 Å². The van der Waals surface area contributed by atoms with E-state index in [4.69, 9.17) is 6.42 Å². The Balaban J connectivity index is 2.84. The van der Waals surface area contributed by atoms with E-state index in [0.29, 0.717) is 5.56 Å². The molecular weight excluding hydrogens is 263 g/mol. The Labute approximate surface area is 85.3 Å². The number of benzene rings is 1. The second-order valence-corrected chi connectivity index (χ2v) is 3.56. The number of ketones is 1. The standard InChI is InChI=1S/C10H7IO/c1-2-3-10(12)8-4-6-9(11)7-5-8/h1,4-7H,3H2. The summed E-state index contributed by atoms with van der Waals surface area (Å²) in [5, 5.41) is 0. The fraction of sp³-hybridized carbons (Fsp3) is 0.100. The van der Waals surface area contributed by atoms with Crippen molar-refractivity contribution >= 4 is 28.4 Å². The van der Waals surface area contributed by atoms with Crippen LogP contribution in [0.25, 0.3) is 0 Å². The molecule has 0 N–H and O–H groups in total. The van der Waals surface area contributed by atoms with Crippen molar-refractivity contribution in [3.63, 3.8) is 0 Å². The van der Waals surface area contributed by atoms with Crippen molar-refractivity contribution in [3.8, 4) is 12.3 Å². The summed E-state index contributed by atoms with van der Waals surface area (Å²) in [5.41, 5.74) is 0.688. The zero-order valence-electron chi connectivity index (χ0n) is 6.38. The van der Waals surface area contributed by atoms with Crippen LogP contribution in [0.5, 0.6) is 0 Å². The molecular formula is C10H7IO.